The van der Waals surface area contributed by atoms with Gasteiger partial charge >= 0.3 is 6.18 Å². The molecule has 2 aliphatic rings. The van der Waals surface area contributed by atoms with Crippen molar-refractivity contribution in [2.45, 2.75) is 56.7 Å². The standard InChI is InChI=1S/C21H23F3N6O/c1-28-12-14(11-25-28)17-5-3-2-4-8-29(17)20(31)16-10-19-26-15(13-6-7-13)9-18(21(22,23)24)30(19)27-16/h9-13,17H,2-8H2,1H3/t17-/m1/s1. The van der Waals surface area contributed by atoms with Crippen LogP contribution in [0.15, 0.2) is 24.5 Å². The number of alkyl halides is 3. The number of carbonyl (C=O) groups excluding carboxylic acids is 1. The molecule has 1 saturated heterocycles. The largest absolute Gasteiger partial charge is 0.433 e. The highest BCUT2D eigenvalue weighted by Crippen LogP contribution is 2.41. The van der Waals surface area contributed by atoms with Crippen molar-refractivity contribution in [2.24, 2.45) is 7.05 Å². The van der Waals surface area contributed by atoms with E-state index in [2.05, 4.69) is 15.2 Å². The van der Waals surface area contributed by atoms with Gasteiger partial charge in [0.15, 0.2) is 11.3 Å². The molecular formula is C21H23F3N6O. The summed E-state index contributed by atoms with van der Waals surface area (Å²) in [6, 6.07) is 2.27. The molecule has 0 unspecified atom stereocenters. The van der Waals surface area contributed by atoms with Crippen molar-refractivity contribution >= 4 is 11.6 Å². The van der Waals surface area contributed by atoms with Crippen LogP contribution in [0.3, 0.4) is 0 Å². The van der Waals surface area contributed by atoms with E-state index in [9.17, 15) is 18.0 Å². The predicted molar refractivity (Wildman–Crippen MR) is 105 cm³/mol. The summed E-state index contributed by atoms with van der Waals surface area (Å²) in [5, 5.41) is 8.28. The van der Waals surface area contributed by atoms with Gasteiger partial charge in [0.05, 0.1) is 12.2 Å². The highest BCUT2D eigenvalue weighted by atomic mass is 19.4. The summed E-state index contributed by atoms with van der Waals surface area (Å²) in [6.07, 6.45) is 4.29. The highest BCUT2D eigenvalue weighted by Gasteiger charge is 2.38. The Bertz CT molecular complexity index is 1130. The number of carbonyl (C=O) groups is 1. The van der Waals surface area contributed by atoms with E-state index in [1.165, 1.54) is 6.07 Å². The van der Waals surface area contributed by atoms with Gasteiger partial charge in [-0.05, 0) is 31.7 Å². The molecule has 3 aromatic heterocycles. The average Bonchev–Trinajstić information content (AvgIpc) is 3.42. The van der Waals surface area contributed by atoms with Crippen LogP contribution in [0.1, 0.15) is 77.9 Å². The van der Waals surface area contributed by atoms with Gasteiger partial charge in [-0.25, -0.2) is 9.50 Å². The molecule has 0 aromatic carbocycles. The Morgan fingerprint density at radius 3 is 2.61 bits per heavy atom. The Morgan fingerprint density at radius 1 is 1.13 bits per heavy atom. The molecule has 0 N–H and O–H groups in total. The van der Waals surface area contributed by atoms with E-state index in [1.807, 2.05) is 13.2 Å². The van der Waals surface area contributed by atoms with Crippen LogP contribution in [0.2, 0.25) is 0 Å². The Balaban J connectivity index is 1.55. The van der Waals surface area contributed by atoms with Crippen LogP contribution in [0.5, 0.6) is 0 Å². The van der Waals surface area contributed by atoms with Crippen LogP contribution in [0.25, 0.3) is 5.65 Å². The third-order valence-electron chi connectivity index (χ3n) is 6.08. The molecule has 7 nitrogen and oxygen atoms in total. The van der Waals surface area contributed by atoms with E-state index in [1.54, 1.807) is 15.8 Å². The van der Waals surface area contributed by atoms with Gasteiger partial charge in [0, 0.05) is 43.0 Å². The Morgan fingerprint density at radius 2 is 1.94 bits per heavy atom. The van der Waals surface area contributed by atoms with E-state index in [4.69, 9.17) is 0 Å². The number of hydrogen-bond donors (Lipinski definition) is 0. The van der Waals surface area contributed by atoms with Gasteiger partial charge in [-0.15, -0.1) is 0 Å². The molecule has 0 radical (unpaired) electrons. The van der Waals surface area contributed by atoms with Gasteiger partial charge in [-0.1, -0.05) is 12.8 Å². The predicted octanol–water partition coefficient (Wildman–Crippen LogP) is 4.12. The van der Waals surface area contributed by atoms with Crippen LogP contribution < -0.4 is 0 Å². The first-order chi connectivity index (χ1) is 14.8. The highest BCUT2D eigenvalue weighted by molar-refractivity contribution is 5.93. The third-order valence-corrected chi connectivity index (χ3v) is 6.08. The minimum atomic E-state index is -4.59. The number of aryl methyl sites for hydroxylation is 1. The van der Waals surface area contributed by atoms with Gasteiger partial charge in [-0.3, -0.25) is 9.48 Å². The molecule has 2 fully saturated rings. The van der Waals surface area contributed by atoms with Crippen molar-refractivity contribution in [3.8, 4) is 0 Å². The Labute approximate surface area is 176 Å². The summed E-state index contributed by atoms with van der Waals surface area (Å²) in [5.41, 5.74) is 0.501. The monoisotopic (exact) mass is 432 g/mol. The Kier molecular flexibility index (Phi) is 4.75. The summed E-state index contributed by atoms with van der Waals surface area (Å²) in [6.45, 7) is 0.527. The molecule has 0 spiro atoms. The molecule has 4 heterocycles. The molecule has 10 heteroatoms. The fourth-order valence-electron chi connectivity index (χ4n) is 4.35. The van der Waals surface area contributed by atoms with Gasteiger partial charge < -0.3 is 4.90 Å². The number of nitrogens with zero attached hydrogens (tertiary/aromatic N) is 6. The third kappa shape index (κ3) is 3.79. The van der Waals surface area contributed by atoms with Crippen LogP contribution in [0, 0.1) is 0 Å². The lowest BCUT2D eigenvalue weighted by Crippen LogP contribution is -2.35. The maximum Gasteiger partial charge on any atom is 0.433 e. The van der Waals surface area contributed by atoms with Crippen LogP contribution in [-0.4, -0.2) is 41.7 Å². The molecule has 1 aliphatic carbocycles. The van der Waals surface area contributed by atoms with Gasteiger partial charge in [0.2, 0.25) is 0 Å². The molecule has 1 atom stereocenters. The first kappa shape index (κ1) is 20.0. The number of likely N-dealkylation sites (tertiary alicyclic amines) is 1. The first-order valence-electron chi connectivity index (χ1n) is 10.6. The average molecular weight is 432 g/mol. The molecule has 1 saturated carbocycles. The zero-order valence-electron chi connectivity index (χ0n) is 17.1. The van der Waals surface area contributed by atoms with Crippen molar-refractivity contribution in [3.63, 3.8) is 0 Å². The summed E-state index contributed by atoms with van der Waals surface area (Å²) in [7, 11) is 1.82. The van der Waals surface area contributed by atoms with Crippen LogP contribution in [-0.2, 0) is 13.2 Å². The molecule has 31 heavy (non-hydrogen) atoms. The SMILES string of the molecule is Cn1cc([C@H]2CCCCCN2C(=O)c2cc3nc(C4CC4)cc(C(F)(F)F)n3n2)cn1. The lowest BCUT2D eigenvalue weighted by atomic mass is 10.0. The summed E-state index contributed by atoms with van der Waals surface area (Å²) in [5.74, 6) is -0.317. The van der Waals surface area contributed by atoms with E-state index < -0.39 is 11.9 Å². The second-order valence-electron chi connectivity index (χ2n) is 8.45. The quantitative estimate of drug-likeness (QED) is 0.625. The van der Waals surface area contributed by atoms with Crippen molar-refractivity contribution < 1.29 is 18.0 Å². The van der Waals surface area contributed by atoms with Crippen molar-refractivity contribution in [1.29, 1.82) is 0 Å². The maximum absolute atomic E-state index is 13.7. The fourth-order valence-corrected chi connectivity index (χ4v) is 4.35. The molecule has 1 amide bonds. The molecule has 5 rings (SSSR count). The molecule has 1 aliphatic heterocycles. The topological polar surface area (TPSA) is 68.3 Å². The number of hydrogen-bond acceptors (Lipinski definition) is 4. The lowest BCUT2D eigenvalue weighted by Gasteiger charge is -2.28. The Hall–Kier alpha value is -2.91. The minimum absolute atomic E-state index is 0.0123. The van der Waals surface area contributed by atoms with E-state index in [0.29, 0.717) is 12.2 Å². The summed E-state index contributed by atoms with van der Waals surface area (Å²) < 4.78 is 43.5. The number of rotatable bonds is 3. The number of halogens is 3. The zero-order chi connectivity index (χ0) is 21.8. The number of amides is 1. The first-order valence-corrected chi connectivity index (χ1v) is 10.6. The van der Waals surface area contributed by atoms with Gasteiger partial charge in [0.25, 0.3) is 5.91 Å². The molecule has 164 valence electrons. The number of aromatic nitrogens is 5. The second-order valence-corrected chi connectivity index (χ2v) is 8.45. The second kappa shape index (κ2) is 7.35. The normalized spacial score (nSPS) is 20.3. The van der Waals surface area contributed by atoms with E-state index in [0.717, 1.165) is 54.7 Å². The zero-order valence-corrected chi connectivity index (χ0v) is 17.1. The fraction of sp³-hybridized carbons (Fsp3) is 0.524. The van der Waals surface area contributed by atoms with Crippen LogP contribution >= 0.6 is 0 Å². The summed E-state index contributed by atoms with van der Waals surface area (Å²) in [4.78, 5) is 19.5. The molecular weight excluding hydrogens is 409 g/mol. The lowest BCUT2D eigenvalue weighted by molar-refractivity contribution is -0.142. The smallest absolute Gasteiger partial charge is 0.330 e. The van der Waals surface area contributed by atoms with Gasteiger partial charge in [0.1, 0.15) is 5.69 Å². The van der Waals surface area contributed by atoms with Crippen LogP contribution in [0.4, 0.5) is 13.2 Å². The number of fused-ring (bicyclic) bond motifs is 1. The molecule has 3 aromatic rings. The minimum Gasteiger partial charge on any atom is -0.330 e. The van der Waals surface area contributed by atoms with E-state index >= 15 is 0 Å². The van der Waals surface area contributed by atoms with Crippen molar-refractivity contribution in [3.05, 3.63) is 47.2 Å². The van der Waals surface area contributed by atoms with Crippen molar-refractivity contribution in [2.75, 3.05) is 6.54 Å². The van der Waals surface area contributed by atoms with E-state index in [-0.39, 0.29) is 29.2 Å². The summed E-state index contributed by atoms with van der Waals surface area (Å²) >= 11 is 0. The maximum atomic E-state index is 13.7. The van der Waals surface area contributed by atoms with Gasteiger partial charge in [-0.2, -0.15) is 23.4 Å². The van der Waals surface area contributed by atoms with Crippen molar-refractivity contribution in [1.82, 2.24) is 29.3 Å². The molecule has 0 bridgehead atoms.